The average Bonchev–Trinajstić information content (AvgIpc) is 1.51. The number of benzene rings is 18. The van der Waals surface area contributed by atoms with Crippen LogP contribution in [0.5, 0.6) is 0 Å². The van der Waals surface area contributed by atoms with Gasteiger partial charge >= 0.3 is 0 Å². The summed E-state index contributed by atoms with van der Waals surface area (Å²) >= 11 is 0. The summed E-state index contributed by atoms with van der Waals surface area (Å²) in [4.78, 5) is 0. The predicted octanol–water partition coefficient (Wildman–Crippen LogP) is 26.4. The smallest absolute Gasteiger partial charge is 0.143 e. The molecule has 2 nitrogen and oxygen atoms in total. The molecule has 0 spiro atoms. The number of hydrogen-bond donors (Lipinski definition) is 0. The van der Waals surface area contributed by atoms with Gasteiger partial charge in [0.25, 0.3) is 0 Å². The van der Waals surface area contributed by atoms with Crippen LogP contribution in [0.2, 0.25) is 0 Å². The van der Waals surface area contributed by atoms with Crippen molar-refractivity contribution in [1.82, 2.24) is 0 Å². The summed E-state index contributed by atoms with van der Waals surface area (Å²) < 4.78 is 12.8. The van der Waals surface area contributed by atoms with E-state index in [1.165, 1.54) is 148 Å². The van der Waals surface area contributed by atoms with Crippen LogP contribution < -0.4 is 0 Å². The van der Waals surface area contributed by atoms with Gasteiger partial charge in [-0.05, 0) is 202 Å². The maximum atomic E-state index is 6.45. The molecule has 20 rings (SSSR count). The summed E-state index contributed by atoms with van der Waals surface area (Å²) in [5.74, 6) is 0. The van der Waals surface area contributed by atoms with Crippen molar-refractivity contribution in [2.75, 3.05) is 0 Å². The molecule has 2 heterocycles. The van der Waals surface area contributed by atoms with Crippen LogP contribution in [0.25, 0.3) is 197 Å². The Labute approximate surface area is 542 Å². The second kappa shape index (κ2) is 21.7. The highest BCUT2D eigenvalue weighted by molar-refractivity contribution is 6.26. The molecule has 18 aromatic carbocycles. The van der Waals surface area contributed by atoms with Crippen molar-refractivity contribution >= 4 is 130 Å². The third-order valence-corrected chi connectivity index (χ3v) is 19.7. The van der Waals surface area contributed by atoms with Gasteiger partial charge in [0.05, 0.1) is 0 Å². The normalized spacial score (nSPS) is 11.8. The first-order chi connectivity index (χ1) is 46.6. The molecule has 2 aromatic heterocycles. The van der Waals surface area contributed by atoms with Crippen LogP contribution in [0, 0.1) is 0 Å². The SMILES string of the molecule is c1cc(-c2ccc3oc4cc5ccccc5cc4c3c2)cc(-c2c3ccccc3c(-c3ccc(-c4ccc5ccccc5c4)cc3)c3ccccc23)c1.c1ccc2c(-c3c4ccccc4c(-c4ccc5oc6c7ccccc7ccc6c5c4)c4ccccc34)cccc2c1. The first-order valence-electron chi connectivity index (χ1n) is 32.4. The predicted molar refractivity (Wildman–Crippen MR) is 400 cm³/mol. The highest BCUT2D eigenvalue weighted by Crippen LogP contribution is 2.49. The van der Waals surface area contributed by atoms with Crippen LogP contribution in [-0.2, 0) is 0 Å². The van der Waals surface area contributed by atoms with Crippen LogP contribution >= 0.6 is 0 Å². The lowest BCUT2D eigenvalue weighted by Crippen LogP contribution is -1.91. The fraction of sp³-hybridized carbons (Fsp3) is 0. The molecule has 2 heteroatoms. The minimum absolute atomic E-state index is 0.910. The van der Waals surface area contributed by atoms with Crippen LogP contribution in [-0.4, -0.2) is 0 Å². The molecule has 0 saturated heterocycles. The van der Waals surface area contributed by atoms with Crippen LogP contribution in [0.4, 0.5) is 0 Å². The van der Waals surface area contributed by atoms with E-state index in [0.29, 0.717) is 0 Å². The van der Waals surface area contributed by atoms with Gasteiger partial charge in [0.2, 0.25) is 0 Å². The van der Waals surface area contributed by atoms with Crippen molar-refractivity contribution in [2.24, 2.45) is 0 Å². The average molecular weight is 1190 g/mol. The molecule has 0 aliphatic carbocycles. The van der Waals surface area contributed by atoms with Gasteiger partial charge in [0, 0.05) is 26.9 Å². The van der Waals surface area contributed by atoms with Gasteiger partial charge in [0.1, 0.15) is 22.3 Å². The summed E-state index contributed by atoms with van der Waals surface area (Å²) in [6.07, 6.45) is 0. The molecular formula is C92H56O2. The zero-order valence-corrected chi connectivity index (χ0v) is 51.1. The minimum atomic E-state index is 0.910. The molecule has 0 radical (unpaired) electrons. The van der Waals surface area contributed by atoms with Gasteiger partial charge in [-0.2, -0.15) is 0 Å². The molecular weight excluding hydrogens is 1140 g/mol. The number of fused-ring (bicyclic) bond motifs is 15. The second-order valence-electron chi connectivity index (χ2n) is 24.9. The molecule has 0 amide bonds. The second-order valence-corrected chi connectivity index (χ2v) is 24.9. The zero-order valence-electron chi connectivity index (χ0n) is 51.1. The van der Waals surface area contributed by atoms with E-state index in [2.05, 4.69) is 340 Å². The van der Waals surface area contributed by atoms with Crippen molar-refractivity contribution in [3.63, 3.8) is 0 Å². The molecule has 0 aliphatic heterocycles. The van der Waals surface area contributed by atoms with Gasteiger partial charge in [0.15, 0.2) is 0 Å². The van der Waals surface area contributed by atoms with Crippen molar-refractivity contribution in [3.8, 4) is 66.8 Å². The van der Waals surface area contributed by atoms with Gasteiger partial charge in [-0.25, -0.2) is 0 Å². The van der Waals surface area contributed by atoms with Gasteiger partial charge in [-0.15, -0.1) is 0 Å². The zero-order chi connectivity index (χ0) is 61.8. The highest BCUT2D eigenvalue weighted by atomic mass is 16.3. The fourth-order valence-corrected chi connectivity index (χ4v) is 15.3. The minimum Gasteiger partial charge on any atom is -0.456 e. The number of rotatable bonds is 6. The van der Waals surface area contributed by atoms with E-state index in [1.807, 2.05) is 0 Å². The van der Waals surface area contributed by atoms with Crippen LogP contribution in [0.15, 0.2) is 349 Å². The summed E-state index contributed by atoms with van der Waals surface area (Å²) in [6.45, 7) is 0. The van der Waals surface area contributed by atoms with Gasteiger partial charge in [-0.1, -0.05) is 285 Å². The Balaban J connectivity index is 0.000000138. The van der Waals surface area contributed by atoms with E-state index in [9.17, 15) is 0 Å². The lowest BCUT2D eigenvalue weighted by Gasteiger charge is -2.18. The van der Waals surface area contributed by atoms with E-state index in [4.69, 9.17) is 8.83 Å². The molecule has 94 heavy (non-hydrogen) atoms. The molecule has 0 atom stereocenters. The van der Waals surface area contributed by atoms with E-state index < -0.39 is 0 Å². The van der Waals surface area contributed by atoms with Crippen molar-refractivity contribution < 1.29 is 8.83 Å². The Kier molecular flexibility index (Phi) is 12.3. The topological polar surface area (TPSA) is 26.3 Å². The van der Waals surface area contributed by atoms with Crippen molar-refractivity contribution in [1.29, 1.82) is 0 Å². The largest absolute Gasteiger partial charge is 0.456 e. The quantitative estimate of drug-likeness (QED) is 0.155. The van der Waals surface area contributed by atoms with Gasteiger partial charge < -0.3 is 8.83 Å². The Morgan fingerprint density at radius 3 is 1.16 bits per heavy atom. The van der Waals surface area contributed by atoms with Gasteiger partial charge in [-0.3, -0.25) is 0 Å². The van der Waals surface area contributed by atoms with Crippen LogP contribution in [0.3, 0.4) is 0 Å². The third kappa shape index (κ3) is 8.72. The molecule has 0 fully saturated rings. The molecule has 0 saturated carbocycles. The summed E-state index contributed by atoms with van der Waals surface area (Å²) in [5.41, 5.74) is 18.5. The molecule has 436 valence electrons. The maximum Gasteiger partial charge on any atom is 0.143 e. The van der Waals surface area contributed by atoms with E-state index in [1.54, 1.807) is 0 Å². The third-order valence-electron chi connectivity index (χ3n) is 19.7. The maximum absolute atomic E-state index is 6.45. The molecule has 0 aliphatic rings. The first-order valence-corrected chi connectivity index (χ1v) is 32.4. The number of furan rings is 2. The lowest BCUT2D eigenvalue weighted by atomic mass is 9.84. The van der Waals surface area contributed by atoms with E-state index >= 15 is 0 Å². The molecule has 0 bridgehead atoms. The number of hydrogen-bond acceptors (Lipinski definition) is 2. The van der Waals surface area contributed by atoms with E-state index in [0.717, 1.165) is 49.3 Å². The lowest BCUT2D eigenvalue weighted by molar-refractivity contribution is 0.669. The van der Waals surface area contributed by atoms with E-state index in [-0.39, 0.29) is 0 Å². The molecule has 0 unspecified atom stereocenters. The first kappa shape index (κ1) is 53.5. The van der Waals surface area contributed by atoms with Crippen LogP contribution in [0.1, 0.15) is 0 Å². The van der Waals surface area contributed by atoms with Crippen molar-refractivity contribution in [3.05, 3.63) is 340 Å². The summed E-state index contributed by atoms with van der Waals surface area (Å²) in [7, 11) is 0. The highest BCUT2D eigenvalue weighted by Gasteiger charge is 2.22. The summed E-state index contributed by atoms with van der Waals surface area (Å²) in [6, 6.07) is 123. The van der Waals surface area contributed by atoms with Crippen molar-refractivity contribution in [2.45, 2.75) is 0 Å². The standard InChI is InChI=1S/C52H32O.C40H24O/c1-2-11-36-28-40(25-22-33(36)10-1)34-20-23-35(24-21-34)51-43-16-5-7-18-45(43)52(46-19-8-6-17-44(46)51)42-15-9-14-37(29-42)41-26-27-49-47(31-41)48-30-38-12-3-4-13-39(38)32-50(48)53-49;1-3-13-28-25(10-1)12-9-19-30(28)39-33-17-7-5-15-31(33)38(32-16-6-8-18-34(32)39)27-21-23-37-36(24-27)35-22-20-26-11-2-4-14-29(26)40(35)41-37/h1-32H;1-24H. The fourth-order valence-electron chi connectivity index (χ4n) is 15.3. The Morgan fingerprint density at radius 2 is 0.521 bits per heavy atom. The molecule has 20 aromatic rings. The Hall–Kier alpha value is -12.4. The molecule has 0 N–H and O–H groups in total. The Morgan fingerprint density at radius 1 is 0.149 bits per heavy atom. The summed E-state index contributed by atoms with van der Waals surface area (Å²) in [5, 5.41) is 24.4. The Bertz CT molecular complexity index is 6360. The monoisotopic (exact) mass is 1190 g/mol.